The molecule has 1 amide bonds. The van der Waals surface area contributed by atoms with E-state index in [-0.39, 0.29) is 6.04 Å². The fraction of sp³-hybridized carbons (Fsp3) is 0.278. The molecule has 0 aliphatic heterocycles. The number of anilines is 1. The van der Waals surface area contributed by atoms with E-state index in [9.17, 15) is 4.79 Å². The summed E-state index contributed by atoms with van der Waals surface area (Å²) in [6, 6.07) is 13.7. The van der Waals surface area contributed by atoms with Crippen LogP contribution in [0.3, 0.4) is 0 Å². The summed E-state index contributed by atoms with van der Waals surface area (Å²) >= 11 is 0. The normalized spacial score (nSPS) is 11.9. The van der Waals surface area contributed by atoms with Gasteiger partial charge >= 0.3 is 6.09 Å². The van der Waals surface area contributed by atoms with Gasteiger partial charge in [-0.3, -0.25) is 4.90 Å². The molecule has 0 spiro atoms. The second-order valence-corrected chi connectivity index (χ2v) is 5.48. The highest BCUT2D eigenvalue weighted by Crippen LogP contribution is 2.30. The number of benzene rings is 2. The van der Waals surface area contributed by atoms with Gasteiger partial charge in [0.15, 0.2) is 0 Å². The number of carbonyl (C=O) groups is 1. The highest BCUT2D eigenvalue weighted by atomic mass is 16.5. The Kier molecular flexibility index (Phi) is 4.83. The van der Waals surface area contributed by atoms with E-state index < -0.39 is 6.09 Å². The smallest absolute Gasteiger partial charge is 0.413 e. The maximum absolute atomic E-state index is 11.9. The number of amides is 1. The molecule has 2 rings (SSSR count). The fourth-order valence-electron chi connectivity index (χ4n) is 2.49. The van der Waals surface area contributed by atoms with Crippen LogP contribution in [0, 0.1) is 13.8 Å². The molecule has 0 aromatic heterocycles. The van der Waals surface area contributed by atoms with Crippen LogP contribution in [0.4, 0.5) is 10.5 Å². The Hall–Kier alpha value is -2.33. The summed E-state index contributed by atoms with van der Waals surface area (Å²) in [7, 11) is 3.06. The molecule has 1 atom stereocenters. The van der Waals surface area contributed by atoms with Crippen molar-refractivity contribution < 1.29 is 9.53 Å². The van der Waals surface area contributed by atoms with Crippen molar-refractivity contribution in [3.63, 3.8) is 0 Å². The van der Waals surface area contributed by atoms with E-state index in [1.807, 2.05) is 50.2 Å². The summed E-state index contributed by atoms with van der Waals surface area (Å²) < 4.78 is 4.81. The number of nitrogens with zero attached hydrogens (tertiary/aromatic N) is 1. The van der Waals surface area contributed by atoms with Gasteiger partial charge in [0.1, 0.15) is 0 Å². The van der Waals surface area contributed by atoms with Gasteiger partial charge in [-0.15, -0.1) is 0 Å². The first-order valence-electron chi connectivity index (χ1n) is 7.18. The first-order chi connectivity index (χ1) is 10.4. The highest BCUT2D eigenvalue weighted by molar-refractivity contribution is 5.88. The first kappa shape index (κ1) is 16.0. The second kappa shape index (κ2) is 6.62. The van der Waals surface area contributed by atoms with Crippen molar-refractivity contribution in [2.45, 2.75) is 19.9 Å². The summed E-state index contributed by atoms with van der Waals surface area (Å²) in [6.45, 7) is 4.02. The quantitative estimate of drug-likeness (QED) is 0.942. The average Bonchev–Trinajstić information content (AvgIpc) is 2.52. The van der Waals surface area contributed by atoms with E-state index in [0.717, 1.165) is 27.9 Å². The summed E-state index contributed by atoms with van der Waals surface area (Å²) in [6.07, 6.45) is -0.414. The molecule has 116 valence electrons. The first-order valence-corrected chi connectivity index (χ1v) is 7.18. The second-order valence-electron chi connectivity index (χ2n) is 5.48. The molecule has 0 aliphatic rings. The summed E-state index contributed by atoms with van der Waals surface area (Å²) in [4.78, 5) is 13.3. The number of hydrogen-bond acceptors (Lipinski definition) is 3. The topological polar surface area (TPSA) is 55.6 Å². The molecule has 0 fully saturated rings. The van der Waals surface area contributed by atoms with Crippen LogP contribution in [-0.4, -0.2) is 20.3 Å². The molecule has 0 bridgehead atoms. The van der Waals surface area contributed by atoms with Crippen LogP contribution in [0.1, 0.15) is 28.3 Å². The SMILES string of the molecule is COC(=O)N(C)c1cc(C)ccc1C(N)c1cccc(C)c1. The van der Waals surface area contributed by atoms with Crippen molar-refractivity contribution in [3.8, 4) is 0 Å². The molecule has 0 aliphatic carbocycles. The van der Waals surface area contributed by atoms with Gasteiger partial charge in [-0.05, 0) is 36.6 Å². The van der Waals surface area contributed by atoms with E-state index in [1.165, 1.54) is 12.0 Å². The molecule has 2 N–H and O–H groups in total. The predicted molar refractivity (Wildman–Crippen MR) is 89.2 cm³/mol. The Bertz CT molecular complexity index is 683. The minimum Gasteiger partial charge on any atom is -0.452 e. The van der Waals surface area contributed by atoms with Gasteiger partial charge in [0.25, 0.3) is 0 Å². The molecule has 22 heavy (non-hydrogen) atoms. The number of nitrogens with two attached hydrogens (primary N) is 1. The number of aryl methyl sites for hydroxylation is 2. The van der Waals surface area contributed by atoms with Gasteiger partial charge in [0.2, 0.25) is 0 Å². The van der Waals surface area contributed by atoms with Crippen LogP contribution >= 0.6 is 0 Å². The third kappa shape index (κ3) is 3.28. The highest BCUT2D eigenvalue weighted by Gasteiger charge is 2.20. The maximum atomic E-state index is 11.9. The Morgan fingerprint density at radius 3 is 2.45 bits per heavy atom. The number of rotatable bonds is 3. The zero-order valence-electron chi connectivity index (χ0n) is 13.5. The molecule has 2 aromatic carbocycles. The summed E-state index contributed by atoms with van der Waals surface area (Å²) in [5.41, 5.74) is 11.3. The van der Waals surface area contributed by atoms with Gasteiger partial charge in [-0.1, -0.05) is 42.0 Å². The maximum Gasteiger partial charge on any atom is 0.413 e. The standard InChI is InChI=1S/C18H22N2O2/c1-12-6-5-7-14(10-12)17(19)15-9-8-13(2)11-16(15)20(3)18(21)22-4/h5-11,17H,19H2,1-4H3. The van der Waals surface area contributed by atoms with E-state index in [0.29, 0.717) is 0 Å². The van der Waals surface area contributed by atoms with Crippen LogP contribution in [0.5, 0.6) is 0 Å². The van der Waals surface area contributed by atoms with E-state index in [4.69, 9.17) is 10.5 Å². The van der Waals surface area contributed by atoms with Gasteiger partial charge in [0, 0.05) is 7.05 Å². The lowest BCUT2D eigenvalue weighted by Crippen LogP contribution is -2.28. The lowest BCUT2D eigenvalue weighted by molar-refractivity contribution is 0.180. The minimum atomic E-state index is -0.414. The van der Waals surface area contributed by atoms with E-state index in [1.54, 1.807) is 7.05 Å². The van der Waals surface area contributed by atoms with Gasteiger partial charge in [-0.2, -0.15) is 0 Å². The van der Waals surface area contributed by atoms with Gasteiger partial charge in [0.05, 0.1) is 18.8 Å². The van der Waals surface area contributed by atoms with Crippen LogP contribution in [0.25, 0.3) is 0 Å². The number of carbonyl (C=O) groups excluding carboxylic acids is 1. The van der Waals surface area contributed by atoms with Crippen LogP contribution in [0.2, 0.25) is 0 Å². The third-order valence-corrected chi connectivity index (χ3v) is 3.73. The van der Waals surface area contributed by atoms with Gasteiger partial charge in [-0.25, -0.2) is 4.79 Å². The Morgan fingerprint density at radius 2 is 1.82 bits per heavy atom. The van der Waals surface area contributed by atoms with Crippen LogP contribution < -0.4 is 10.6 Å². The molecule has 1 unspecified atom stereocenters. The van der Waals surface area contributed by atoms with E-state index in [2.05, 4.69) is 6.07 Å². The lowest BCUT2D eigenvalue weighted by Gasteiger charge is -2.23. The molecule has 0 saturated carbocycles. The predicted octanol–water partition coefficient (Wildman–Crippen LogP) is 3.55. The molecular weight excluding hydrogens is 276 g/mol. The summed E-state index contributed by atoms with van der Waals surface area (Å²) in [5.74, 6) is 0. The summed E-state index contributed by atoms with van der Waals surface area (Å²) in [5, 5.41) is 0. The minimum absolute atomic E-state index is 0.303. The Balaban J connectivity index is 2.48. The number of hydrogen-bond donors (Lipinski definition) is 1. The van der Waals surface area contributed by atoms with E-state index >= 15 is 0 Å². The number of methoxy groups -OCH3 is 1. The van der Waals surface area contributed by atoms with Crippen LogP contribution in [0.15, 0.2) is 42.5 Å². The molecular formula is C18H22N2O2. The molecule has 0 saturated heterocycles. The van der Waals surface area contributed by atoms with Gasteiger partial charge < -0.3 is 10.5 Å². The lowest BCUT2D eigenvalue weighted by atomic mass is 9.95. The Labute approximate surface area is 131 Å². The Morgan fingerprint density at radius 1 is 1.14 bits per heavy atom. The average molecular weight is 298 g/mol. The number of ether oxygens (including phenoxy) is 1. The van der Waals surface area contributed by atoms with Crippen molar-refractivity contribution in [1.29, 1.82) is 0 Å². The van der Waals surface area contributed by atoms with Crippen molar-refractivity contribution in [2.24, 2.45) is 5.73 Å². The molecule has 0 radical (unpaired) electrons. The molecule has 4 nitrogen and oxygen atoms in total. The van der Waals surface area contributed by atoms with Crippen molar-refractivity contribution >= 4 is 11.8 Å². The monoisotopic (exact) mass is 298 g/mol. The molecule has 4 heteroatoms. The molecule has 0 heterocycles. The van der Waals surface area contributed by atoms with Crippen LogP contribution in [-0.2, 0) is 4.74 Å². The van der Waals surface area contributed by atoms with Crippen molar-refractivity contribution in [1.82, 2.24) is 0 Å². The largest absolute Gasteiger partial charge is 0.452 e. The van der Waals surface area contributed by atoms with Crippen molar-refractivity contribution in [2.75, 3.05) is 19.1 Å². The fourth-order valence-corrected chi connectivity index (χ4v) is 2.49. The van der Waals surface area contributed by atoms with Crippen molar-refractivity contribution in [3.05, 3.63) is 64.7 Å². The third-order valence-electron chi connectivity index (χ3n) is 3.73. The molecule has 2 aromatic rings. The zero-order valence-corrected chi connectivity index (χ0v) is 13.5. The zero-order chi connectivity index (χ0) is 16.3.